The van der Waals surface area contributed by atoms with Gasteiger partial charge in [0.05, 0.1) is 10.6 Å². The van der Waals surface area contributed by atoms with Gasteiger partial charge in [0.2, 0.25) is 11.5 Å². The molecule has 8 heteroatoms. The van der Waals surface area contributed by atoms with Gasteiger partial charge in [-0.1, -0.05) is 0 Å². The van der Waals surface area contributed by atoms with Crippen LogP contribution in [-0.4, -0.2) is 30.3 Å². The lowest BCUT2D eigenvalue weighted by atomic mass is 10.2. The molecular weight excluding hydrogens is 262 g/mol. The SMILES string of the molecule is CCn1nccc1/C=C/C(=O)c1nn(C)cc1[N+](=O)[O-]. The zero-order chi connectivity index (χ0) is 14.7. The predicted octanol–water partition coefficient (Wildman–Crippen LogP) is 1.44. The normalized spacial score (nSPS) is 11.1. The van der Waals surface area contributed by atoms with E-state index < -0.39 is 10.7 Å². The molecule has 2 aromatic heterocycles. The third kappa shape index (κ3) is 2.63. The fourth-order valence-electron chi connectivity index (χ4n) is 1.77. The first-order valence-electron chi connectivity index (χ1n) is 5.95. The molecule has 0 radical (unpaired) electrons. The molecule has 0 N–H and O–H groups in total. The highest BCUT2D eigenvalue weighted by atomic mass is 16.6. The molecule has 0 aromatic carbocycles. The molecule has 0 spiro atoms. The highest BCUT2D eigenvalue weighted by Crippen LogP contribution is 2.17. The van der Waals surface area contributed by atoms with Crippen molar-refractivity contribution in [1.82, 2.24) is 19.6 Å². The van der Waals surface area contributed by atoms with E-state index >= 15 is 0 Å². The van der Waals surface area contributed by atoms with Crippen LogP contribution in [0.2, 0.25) is 0 Å². The molecule has 20 heavy (non-hydrogen) atoms. The van der Waals surface area contributed by atoms with E-state index in [-0.39, 0.29) is 11.4 Å². The fourth-order valence-corrected chi connectivity index (χ4v) is 1.77. The molecule has 0 bridgehead atoms. The fraction of sp³-hybridized carbons (Fsp3) is 0.250. The van der Waals surface area contributed by atoms with Crippen molar-refractivity contribution in [2.24, 2.45) is 7.05 Å². The first-order chi connectivity index (χ1) is 9.52. The second kappa shape index (κ2) is 5.47. The molecule has 0 aliphatic heterocycles. The van der Waals surface area contributed by atoms with E-state index in [0.29, 0.717) is 6.54 Å². The number of ketones is 1. The Morgan fingerprint density at radius 1 is 1.55 bits per heavy atom. The Bertz CT molecular complexity index is 683. The summed E-state index contributed by atoms with van der Waals surface area (Å²) < 4.78 is 2.95. The second-order valence-corrected chi connectivity index (χ2v) is 4.06. The molecule has 0 amide bonds. The van der Waals surface area contributed by atoms with Crippen LogP contribution in [0.3, 0.4) is 0 Å². The van der Waals surface area contributed by atoms with Gasteiger partial charge in [0.25, 0.3) is 0 Å². The monoisotopic (exact) mass is 275 g/mol. The van der Waals surface area contributed by atoms with E-state index in [4.69, 9.17) is 0 Å². The van der Waals surface area contributed by atoms with Crippen LogP contribution in [0.5, 0.6) is 0 Å². The smallest absolute Gasteiger partial charge is 0.287 e. The average Bonchev–Trinajstić information content (AvgIpc) is 3.01. The summed E-state index contributed by atoms with van der Waals surface area (Å²) in [4.78, 5) is 22.2. The summed E-state index contributed by atoms with van der Waals surface area (Å²) in [7, 11) is 1.53. The van der Waals surface area contributed by atoms with Crippen molar-refractivity contribution in [3.8, 4) is 0 Å². The zero-order valence-electron chi connectivity index (χ0n) is 11.1. The molecule has 0 aliphatic rings. The summed E-state index contributed by atoms with van der Waals surface area (Å²) in [5.41, 5.74) is 0.280. The number of carbonyl (C=O) groups excluding carboxylic acids is 1. The largest absolute Gasteiger partial charge is 0.318 e. The van der Waals surface area contributed by atoms with Gasteiger partial charge in [-0.2, -0.15) is 10.2 Å². The van der Waals surface area contributed by atoms with Crippen LogP contribution >= 0.6 is 0 Å². The topological polar surface area (TPSA) is 95.8 Å². The third-order valence-electron chi connectivity index (χ3n) is 2.69. The summed E-state index contributed by atoms with van der Waals surface area (Å²) in [5.74, 6) is -0.513. The Morgan fingerprint density at radius 3 is 2.95 bits per heavy atom. The van der Waals surface area contributed by atoms with Crippen molar-refractivity contribution >= 4 is 17.5 Å². The Labute approximate surface area is 114 Å². The lowest BCUT2D eigenvalue weighted by Crippen LogP contribution is -2.02. The number of carbonyl (C=O) groups is 1. The van der Waals surface area contributed by atoms with Crippen molar-refractivity contribution < 1.29 is 9.72 Å². The van der Waals surface area contributed by atoms with Crippen molar-refractivity contribution in [2.45, 2.75) is 13.5 Å². The molecule has 2 heterocycles. The number of hydrogen-bond donors (Lipinski definition) is 0. The number of rotatable bonds is 5. The molecule has 0 saturated heterocycles. The zero-order valence-corrected chi connectivity index (χ0v) is 11.1. The van der Waals surface area contributed by atoms with E-state index in [2.05, 4.69) is 10.2 Å². The summed E-state index contributed by atoms with van der Waals surface area (Å²) in [6, 6.07) is 1.75. The molecule has 0 saturated carbocycles. The van der Waals surface area contributed by atoms with Gasteiger partial charge in [0.15, 0.2) is 0 Å². The van der Waals surface area contributed by atoms with Crippen molar-refractivity contribution in [3.63, 3.8) is 0 Å². The van der Waals surface area contributed by atoms with Gasteiger partial charge < -0.3 is 0 Å². The van der Waals surface area contributed by atoms with E-state index in [1.165, 1.54) is 24.0 Å². The Morgan fingerprint density at radius 2 is 2.30 bits per heavy atom. The minimum Gasteiger partial charge on any atom is -0.287 e. The van der Waals surface area contributed by atoms with E-state index in [9.17, 15) is 14.9 Å². The summed E-state index contributed by atoms with van der Waals surface area (Å²) in [6.45, 7) is 2.60. The van der Waals surface area contributed by atoms with Crippen LogP contribution in [0.4, 0.5) is 5.69 Å². The predicted molar refractivity (Wildman–Crippen MR) is 71.1 cm³/mol. The molecule has 0 fully saturated rings. The summed E-state index contributed by atoms with van der Waals surface area (Å²) in [6.07, 6.45) is 5.66. The maximum absolute atomic E-state index is 12.0. The van der Waals surface area contributed by atoms with Crippen LogP contribution in [0.1, 0.15) is 23.1 Å². The lowest BCUT2D eigenvalue weighted by Gasteiger charge is -1.97. The van der Waals surface area contributed by atoms with Crippen molar-refractivity contribution in [3.05, 3.63) is 46.0 Å². The number of aromatic nitrogens is 4. The number of nitro groups is 1. The van der Waals surface area contributed by atoms with Gasteiger partial charge in [0, 0.05) is 19.8 Å². The minimum atomic E-state index is -0.621. The highest BCUT2D eigenvalue weighted by molar-refractivity contribution is 6.07. The molecular formula is C12H13N5O3. The van der Waals surface area contributed by atoms with Crippen LogP contribution < -0.4 is 0 Å². The Hall–Kier alpha value is -2.77. The number of hydrogen-bond acceptors (Lipinski definition) is 5. The van der Waals surface area contributed by atoms with Gasteiger partial charge >= 0.3 is 5.69 Å². The molecule has 8 nitrogen and oxygen atoms in total. The Balaban J connectivity index is 2.27. The van der Waals surface area contributed by atoms with Gasteiger partial charge in [0.1, 0.15) is 6.20 Å². The second-order valence-electron chi connectivity index (χ2n) is 4.06. The van der Waals surface area contributed by atoms with E-state index in [0.717, 1.165) is 5.69 Å². The van der Waals surface area contributed by atoms with Gasteiger partial charge in [-0.25, -0.2) is 0 Å². The molecule has 104 valence electrons. The maximum Gasteiger partial charge on any atom is 0.318 e. The number of aryl methyl sites for hydroxylation is 2. The number of nitrogens with zero attached hydrogens (tertiary/aromatic N) is 5. The molecule has 0 aliphatic carbocycles. The lowest BCUT2D eigenvalue weighted by molar-refractivity contribution is -0.385. The highest BCUT2D eigenvalue weighted by Gasteiger charge is 2.23. The quantitative estimate of drug-likeness (QED) is 0.356. The van der Waals surface area contributed by atoms with Crippen LogP contribution in [-0.2, 0) is 13.6 Å². The number of allylic oxidation sites excluding steroid dienone is 1. The minimum absolute atomic E-state index is 0.170. The maximum atomic E-state index is 12.0. The van der Waals surface area contributed by atoms with Gasteiger partial charge in [-0.3, -0.25) is 24.3 Å². The van der Waals surface area contributed by atoms with Crippen LogP contribution in [0, 0.1) is 10.1 Å². The molecule has 0 atom stereocenters. The van der Waals surface area contributed by atoms with Gasteiger partial charge in [-0.05, 0) is 25.1 Å². The standard InChI is InChI=1S/C12H13N5O3/c1-3-16-9(6-7-13-16)4-5-11(18)12-10(17(19)20)8-15(2)14-12/h4-8H,3H2,1-2H3/b5-4+. The Kier molecular flexibility index (Phi) is 3.74. The first-order valence-corrected chi connectivity index (χ1v) is 5.95. The van der Waals surface area contributed by atoms with Crippen LogP contribution in [0.25, 0.3) is 6.08 Å². The van der Waals surface area contributed by atoms with Crippen LogP contribution in [0.15, 0.2) is 24.5 Å². The average molecular weight is 275 g/mol. The summed E-state index contributed by atoms with van der Waals surface area (Å²) in [5, 5.41) is 18.7. The van der Waals surface area contributed by atoms with Gasteiger partial charge in [-0.15, -0.1) is 0 Å². The van der Waals surface area contributed by atoms with Crippen molar-refractivity contribution in [2.75, 3.05) is 0 Å². The van der Waals surface area contributed by atoms with E-state index in [1.807, 2.05) is 6.92 Å². The van der Waals surface area contributed by atoms with E-state index in [1.54, 1.807) is 23.0 Å². The summed E-state index contributed by atoms with van der Waals surface area (Å²) >= 11 is 0. The molecule has 2 aromatic rings. The molecule has 2 rings (SSSR count). The first kappa shape index (κ1) is 13.7. The molecule has 0 unspecified atom stereocenters. The van der Waals surface area contributed by atoms with Crippen molar-refractivity contribution in [1.29, 1.82) is 0 Å². The third-order valence-corrected chi connectivity index (χ3v) is 2.69.